The van der Waals surface area contributed by atoms with Crippen LogP contribution in [0.25, 0.3) is 0 Å². The van der Waals surface area contributed by atoms with Crippen LogP contribution in [0.15, 0.2) is 23.1 Å². The molecule has 0 heterocycles. The maximum Gasteiger partial charge on any atom is 0.417 e. The summed E-state index contributed by atoms with van der Waals surface area (Å²) in [7, 11) is -4.49. The molecule has 0 spiro atoms. The number of alkyl halides is 3. The molecule has 0 bridgehead atoms. The Bertz CT molecular complexity index is 708. The first-order valence-corrected chi connectivity index (χ1v) is 7.35. The summed E-state index contributed by atoms with van der Waals surface area (Å²) in [6, 6.07) is 3.16. The van der Waals surface area contributed by atoms with Crippen molar-refractivity contribution in [2.24, 2.45) is 0 Å². The first kappa shape index (κ1) is 17.9. The first-order valence-electron chi connectivity index (χ1n) is 5.86. The van der Waals surface area contributed by atoms with E-state index in [4.69, 9.17) is 10.00 Å². The number of amides is 1. The van der Waals surface area contributed by atoms with E-state index in [-0.39, 0.29) is 6.61 Å². The minimum absolute atomic E-state index is 0.169. The second-order valence-corrected chi connectivity index (χ2v) is 5.67. The molecule has 0 saturated carbocycles. The minimum atomic E-state index is -4.90. The van der Waals surface area contributed by atoms with Crippen LogP contribution in [-0.4, -0.2) is 27.5 Å². The van der Waals surface area contributed by atoms with Crippen molar-refractivity contribution in [3.05, 3.63) is 29.3 Å². The van der Waals surface area contributed by atoms with Crippen molar-refractivity contribution in [1.82, 2.24) is 4.72 Å². The number of nitrogens with zero attached hydrogens (tertiary/aromatic N) is 1. The highest BCUT2D eigenvalue weighted by molar-refractivity contribution is 7.90. The lowest BCUT2D eigenvalue weighted by molar-refractivity contribution is -0.137. The molecule has 1 rings (SSSR count). The molecule has 0 radical (unpaired) electrons. The van der Waals surface area contributed by atoms with Crippen molar-refractivity contribution in [3.8, 4) is 6.07 Å². The molecule has 1 amide bonds. The Morgan fingerprint density at radius 1 is 1.41 bits per heavy atom. The molecule has 10 heteroatoms. The Kier molecular flexibility index (Phi) is 5.51. The van der Waals surface area contributed by atoms with E-state index >= 15 is 0 Å². The van der Waals surface area contributed by atoms with Gasteiger partial charge in [-0.25, -0.2) is 13.1 Å². The van der Waals surface area contributed by atoms with Crippen LogP contribution in [0.4, 0.5) is 13.2 Å². The Labute approximate surface area is 124 Å². The van der Waals surface area contributed by atoms with Gasteiger partial charge in [0.15, 0.2) is 0 Å². The average molecular weight is 336 g/mol. The maximum atomic E-state index is 12.8. The van der Waals surface area contributed by atoms with Gasteiger partial charge in [0.2, 0.25) is 0 Å². The topological polar surface area (TPSA) is 96.3 Å². The lowest BCUT2D eigenvalue weighted by Crippen LogP contribution is -2.33. The van der Waals surface area contributed by atoms with Gasteiger partial charge in [0.1, 0.15) is 6.61 Å². The fourth-order valence-corrected chi connectivity index (χ4v) is 2.45. The van der Waals surface area contributed by atoms with Gasteiger partial charge in [-0.2, -0.15) is 18.4 Å². The van der Waals surface area contributed by atoms with Gasteiger partial charge >= 0.3 is 6.18 Å². The van der Waals surface area contributed by atoms with Gasteiger partial charge in [-0.3, -0.25) is 4.79 Å². The number of sulfonamides is 1. The average Bonchev–Trinajstić information content (AvgIpc) is 2.43. The summed E-state index contributed by atoms with van der Waals surface area (Å²) in [5.74, 6) is -1.01. The Balaban J connectivity index is 3.17. The summed E-state index contributed by atoms with van der Waals surface area (Å²) in [5.41, 5.74) is -2.11. The van der Waals surface area contributed by atoms with Crippen molar-refractivity contribution in [2.75, 3.05) is 13.2 Å². The summed E-state index contributed by atoms with van der Waals surface area (Å²) in [5, 5.41) is 8.63. The molecule has 1 aromatic carbocycles. The van der Waals surface area contributed by atoms with Crippen molar-refractivity contribution < 1.29 is 31.1 Å². The first-order chi connectivity index (χ1) is 10.1. The number of nitrogens with one attached hydrogen (secondary N) is 1. The zero-order valence-electron chi connectivity index (χ0n) is 11.3. The van der Waals surface area contributed by atoms with E-state index in [1.54, 1.807) is 11.6 Å². The Morgan fingerprint density at radius 2 is 2.05 bits per heavy atom. The third-order valence-corrected chi connectivity index (χ3v) is 3.78. The van der Waals surface area contributed by atoms with Gasteiger partial charge in [0, 0.05) is 6.61 Å². The summed E-state index contributed by atoms with van der Waals surface area (Å²) in [6.07, 6.45) is -4.90. The third kappa shape index (κ3) is 4.44. The van der Waals surface area contributed by atoms with Gasteiger partial charge in [0.05, 0.1) is 22.1 Å². The minimum Gasteiger partial charge on any atom is -0.372 e. The van der Waals surface area contributed by atoms with E-state index in [9.17, 15) is 26.4 Å². The molecule has 0 aliphatic rings. The number of rotatable bonds is 5. The highest BCUT2D eigenvalue weighted by Crippen LogP contribution is 2.33. The van der Waals surface area contributed by atoms with Crippen LogP contribution in [0.5, 0.6) is 0 Å². The fraction of sp³-hybridized carbons (Fsp3) is 0.333. The molecule has 0 aliphatic carbocycles. The summed E-state index contributed by atoms with van der Waals surface area (Å²) in [6.45, 7) is 1.21. The van der Waals surface area contributed by atoms with Crippen molar-refractivity contribution in [3.63, 3.8) is 0 Å². The molecule has 0 aromatic heterocycles. The van der Waals surface area contributed by atoms with Crippen LogP contribution in [0.1, 0.15) is 18.1 Å². The molecule has 6 nitrogen and oxygen atoms in total. The van der Waals surface area contributed by atoms with E-state index in [0.29, 0.717) is 6.07 Å². The van der Waals surface area contributed by atoms with E-state index in [1.807, 2.05) is 0 Å². The number of carbonyl (C=O) groups excluding carboxylic acids is 1. The van der Waals surface area contributed by atoms with Gasteiger partial charge in [-0.1, -0.05) is 0 Å². The fourth-order valence-electron chi connectivity index (χ4n) is 1.46. The van der Waals surface area contributed by atoms with Crippen LogP contribution < -0.4 is 4.72 Å². The Hall–Kier alpha value is -2.12. The molecule has 0 unspecified atom stereocenters. The van der Waals surface area contributed by atoms with Crippen molar-refractivity contribution >= 4 is 15.9 Å². The maximum absolute atomic E-state index is 12.8. The van der Waals surface area contributed by atoms with Crippen molar-refractivity contribution in [1.29, 1.82) is 5.26 Å². The lowest BCUT2D eigenvalue weighted by atomic mass is 10.1. The van der Waals surface area contributed by atoms with E-state index in [2.05, 4.69) is 0 Å². The van der Waals surface area contributed by atoms with Gasteiger partial charge in [-0.05, 0) is 25.1 Å². The third-order valence-electron chi connectivity index (χ3n) is 2.41. The molecule has 1 N–H and O–H groups in total. The molecule has 0 atom stereocenters. The highest BCUT2D eigenvalue weighted by Gasteiger charge is 2.35. The zero-order valence-corrected chi connectivity index (χ0v) is 12.1. The predicted molar refractivity (Wildman–Crippen MR) is 68.0 cm³/mol. The molecule has 0 saturated heterocycles. The van der Waals surface area contributed by atoms with Gasteiger partial charge < -0.3 is 4.74 Å². The van der Waals surface area contributed by atoms with E-state index in [0.717, 1.165) is 12.1 Å². The molecular formula is C12H11F3N2O4S. The smallest absolute Gasteiger partial charge is 0.372 e. The van der Waals surface area contributed by atoms with Gasteiger partial charge in [-0.15, -0.1) is 0 Å². The van der Waals surface area contributed by atoms with Crippen molar-refractivity contribution in [2.45, 2.75) is 18.0 Å². The summed E-state index contributed by atoms with van der Waals surface area (Å²) in [4.78, 5) is 10.5. The second-order valence-electron chi connectivity index (χ2n) is 3.98. The number of hydrogen-bond acceptors (Lipinski definition) is 5. The molecule has 22 heavy (non-hydrogen) atoms. The molecule has 120 valence electrons. The number of hydrogen-bond donors (Lipinski definition) is 1. The zero-order chi connectivity index (χ0) is 17.0. The monoisotopic (exact) mass is 336 g/mol. The largest absolute Gasteiger partial charge is 0.417 e. The van der Waals surface area contributed by atoms with Crippen LogP contribution in [0, 0.1) is 11.3 Å². The molecule has 1 aromatic rings. The number of nitriles is 1. The molecular weight excluding hydrogens is 325 g/mol. The molecule has 0 aliphatic heterocycles. The van der Waals surface area contributed by atoms with Crippen LogP contribution in [0.3, 0.4) is 0 Å². The standard InChI is InChI=1S/C12H11F3N2O4S/c1-2-21-7-11(18)17-22(19,20)9-4-3-8(6-16)10(5-9)12(13,14)15/h3-5H,2,7H2,1H3,(H,17,18). The predicted octanol–water partition coefficient (Wildman–Crippen LogP) is 1.42. The van der Waals surface area contributed by atoms with E-state index < -0.39 is 44.7 Å². The van der Waals surface area contributed by atoms with Gasteiger partial charge in [0.25, 0.3) is 15.9 Å². The highest BCUT2D eigenvalue weighted by atomic mass is 32.2. The van der Waals surface area contributed by atoms with Crippen LogP contribution in [0.2, 0.25) is 0 Å². The van der Waals surface area contributed by atoms with Crippen LogP contribution in [-0.2, 0) is 25.7 Å². The lowest BCUT2D eigenvalue weighted by Gasteiger charge is -2.12. The number of ether oxygens (including phenoxy) is 1. The SMILES string of the molecule is CCOCC(=O)NS(=O)(=O)c1ccc(C#N)c(C(F)(F)F)c1. The van der Waals surface area contributed by atoms with Crippen LogP contribution >= 0.6 is 0 Å². The number of carbonyl (C=O) groups is 1. The number of benzene rings is 1. The summed E-state index contributed by atoms with van der Waals surface area (Å²) < 4.78 is 68.3. The second kappa shape index (κ2) is 6.76. The summed E-state index contributed by atoms with van der Waals surface area (Å²) >= 11 is 0. The molecule has 0 fully saturated rings. The quantitative estimate of drug-likeness (QED) is 0.877. The van der Waals surface area contributed by atoms with E-state index in [1.165, 1.54) is 6.07 Å². The Morgan fingerprint density at radius 3 is 2.55 bits per heavy atom. The number of halogens is 3. The normalized spacial score (nSPS) is 11.8.